The Morgan fingerprint density at radius 2 is 2.00 bits per heavy atom. The van der Waals surface area contributed by atoms with Gasteiger partial charge in [-0.1, -0.05) is 5.92 Å². The number of nitrogens with zero attached hydrogens (tertiary/aromatic N) is 4. The van der Waals surface area contributed by atoms with Crippen molar-refractivity contribution in [3.63, 3.8) is 0 Å². The highest BCUT2D eigenvalue weighted by atomic mass is 32.1. The Labute approximate surface area is 202 Å². The predicted octanol–water partition coefficient (Wildman–Crippen LogP) is 3.78. The molecule has 2 amide bonds. The van der Waals surface area contributed by atoms with Gasteiger partial charge in [0.2, 0.25) is 5.82 Å². The number of nitrogens with one attached hydrogen (secondary N) is 1. The molecule has 1 aliphatic heterocycles. The van der Waals surface area contributed by atoms with Gasteiger partial charge in [0.1, 0.15) is 5.01 Å². The molecule has 0 fully saturated rings. The van der Waals surface area contributed by atoms with Crippen LogP contribution in [0, 0.1) is 19.3 Å². The first-order chi connectivity index (χ1) is 16.6. The second-order valence-electron chi connectivity index (χ2n) is 7.65. The number of fused-ring (bicyclic) bond motifs is 1. The van der Waals surface area contributed by atoms with Gasteiger partial charge >= 0.3 is 6.18 Å². The first-order valence-corrected chi connectivity index (χ1v) is 11.1. The molecule has 0 spiro atoms. The molecule has 3 aromatic rings. The summed E-state index contributed by atoms with van der Waals surface area (Å²) in [4.78, 5) is 38.9. The number of benzene rings is 1. The molecule has 180 valence electrons. The Morgan fingerprint density at radius 3 is 2.60 bits per heavy atom. The monoisotopic (exact) mass is 501 g/mol. The highest BCUT2D eigenvalue weighted by Crippen LogP contribution is 2.43. The molecule has 0 radical (unpaired) electrons. The summed E-state index contributed by atoms with van der Waals surface area (Å²) < 4.78 is 43.9. The molecule has 1 atom stereocenters. The van der Waals surface area contributed by atoms with Crippen LogP contribution in [0.25, 0.3) is 10.6 Å². The molecule has 2 aromatic heterocycles. The number of hydrogen-bond acceptors (Lipinski definition) is 7. The molecule has 12 heteroatoms. The fourth-order valence-electron chi connectivity index (χ4n) is 3.42. The second kappa shape index (κ2) is 9.34. The van der Waals surface area contributed by atoms with Crippen molar-refractivity contribution >= 4 is 28.8 Å². The van der Waals surface area contributed by atoms with E-state index in [1.807, 2.05) is 6.92 Å². The van der Waals surface area contributed by atoms with Gasteiger partial charge in [-0.25, -0.2) is 15.0 Å². The number of anilines is 1. The van der Waals surface area contributed by atoms with E-state index in [0.29, 0.717) is 22.0 Å². The van der Waals surface area contributed by atoms with Crippen LogP contribution >= 0.6 is 11.3 Å². The molecule has 3 heterocycles. The van der Waals surface area contributed by atoms with Crippen molar-refractivity contribution in [2.24, 2.45) is 0 Å². The molecule has 1 aliphatic rings. The molecule has 8 nitrogen and oxygen atoms in total. The Kier molecular flexibility index (Phi) is 6.45. The van der Waals surface area contributed by atoms with E-state index in [9.17, 15) is 22.8 Å². The van der Waals surface area contributed by atoms with Gasteiger partial charge in [0, 0.05) is 34.6 Å². The van der Waals surface area contributed by atoms with Gasteiger partial charge in [0.15, 0.2) is 12.4 Å². The lowest BCUT2D eigenvalue weighted by Gasteiger charge is -2.29. The van der Waals surface area contributed by atoms with E-state index >= 15 is 0 Å². The molecular weight excluding hydrogens is 483 g/mol. The zero-order valence-electron chi connectivity index (χ0n) is 18.5. The van der Waals surface area contributed by atoms with Crippen LogP contribution in [-0.4, -0.2) is 39.9 Å². The van der Waals surface area contributed by atoms with Crippen molar-refractivity contribution in [2.45, 2.75) is 26.1 Å². The number of aryl methyl sites for hydroxylation is 1. The van der Waals surface area contributed by atoms with Crippen LogP contribution < -0.4 is 15.0 Å². The van der Waals surface area contributed by atoms with Gasteiger partial charge in [-0.05, 0) is 26.0 Å². The molecule has 0 unspecified atom stereocenters. The van der Waals surface area contributed by atoms with Gasteiger partial charge in [-0.3, -0.25) is 14.5 Å². The van der Waals surface area contributed by atoms with Crippen LogP contribution in [-0.2, 0) is 11.0 Å². The maximum Gasteiger partial charge on any atom is 0.451 e. The molecule has 0 bridgehead atoms. The number of alkyl halides is 3. The van der Waals surface area contributed by atoms with E-state index in [0.717, 1.165) is 17.3 Å². The summed E-state index contributed by atoms with van der Waals surface area (Å²) in [6.07, 6.45) is 4.48. The largest absolute Gasteiger partial charge is 0.481 e. The van der Waals surface area contributed by atoms with Crippen LogP contribution in [0.1, 0.15) is 39.6 Å². The SMILES string of the molecule is C#CCN1C(=O)COc2c(-c3ncc(C)s3)cc(C(=O)N[C@H](C)c3cnc(C(F)(F)F)nc3)cc21. The highest BCUT2D eigenvalue weighted by Gasteiger charge is 2.34. The fraction of sp³-hybridized carbons (Fsp3) is 0.261. The van der Waals surface area contributed by atoms with Gasteiger partial charge in [0.25, 0.3) is 11.8 Å². The van der Waals surface area contributed by atoms with Crippen molar-refractivity contribution in [1.29, 1.82) is 0 Å². The van der Waals surface area contributed by atoms with Crippen LogP contribution in [0.15, 0.2) is 30.7 Å². The smallest absolute Gasteiger partial charge is 0.451 e. The molecule has 0 saturated heterocycles. The average molecular weight is 501 g/mol. The van der Waals surface area contributed by atoms with E-state index in [2.05, 4.69) is 26.2 Å². The molecule has 1 aromatic carbocycles. The summed E-state index contributed by atoms with van der Waals surface area (Å²) in [5, 5.41) is 3.31. The lowest BCUT2D eigenvalue weighted by Crippen LogP contribution is -2.39. The van der Waals surface area contributed by atoms with Gasteiger partial charge in [0.05, 0.1) is 23.8 Å². The molecule has 4 rings (SSSR count). The summed E-state index contributed by atoms with van der Waals surface area (Å²) in [7, 11) is 0. The number of halogens is 3. The number of hydrogen-bond donors (Lipinski definition) is 1. The minimum Gasteiger partial charge on any atom is -0.481 e. The Balaban J connectivity index is 1.69. The minimum absolute atomic E-state index is 0.0180. The summed E-state index contributed by atoms with van der Waals surface area (Å²) >= 11 is 1.39. The van der Waals surface area contributed by atoms with Crippen molar-refractivity contribution in [3.05, 3.63) is 52.6 Å². The second-order valence-corrected chi connectivity index (χ2v) is 8.89. The third-order valence-electron chi connectivity index (χ3n) is 5.14. The standard InChI is InChI=1S/C23H18F3N5O3S/c1-4-5-31-17-7-14(6-16(19(17)34-11-18(31)32)21-27-8-12(2)35-21)20(33)30-13(3)15-9-28-22(29-10-15)23(24,25)26/h1,6-10,13H,5,11H2,2-3H3,(H,30,33)/t13-/m1/s1. The predicted molar refractivity (Wildman–Crippen MR) is 122 cm³/mol. The van der Waals surface area contributed by atoms with Crippen molar-refractivity contribution in [3.8, 4) is 28.7 Å². The average Bonchev–Trinajstić information content (AvgIpc) is 3.25. The van der Waals surface area contributed by atoms with Crippen molar-refractivity contribution in [2.75, 3.05) is 18.1 Å². The van der Waals surface area contributed by atoms with Gasteiger partial charge in [-0.15, -0.1) is 17.8 Å². The number of aromatic nitrogens is 3. The zero-order chi connectivity index (χ0) is 25.3. The highest BCUT2D eigenvalue weighted by molar-refractivity contribution is 7.15. The first-order valence-electron chi connectivity index (χ1n) is 10.3. The van der Waals surface area contributed by atoms with E-state index in [1.165, 1.54) is 22.3 Å². The molecule has 0 aliphatic carbocycles. The molecule has 35 heavy (non-hydrogen) atoms. The van der Waals surface area contributed by atoms with Crippen molar-refractivity contribution in [1.82, 2.24) is 20.3 Å². The van der Waals surface area contributed by atoms with E-state index in [1.54, 1.807) is 19.2 Å². The quantitative estimate of drug-likeness (QED) is 0.535. The van der Waals surface area contributed by atoms with Crippen LogP contribution in [0.2, 0.25) is 0 Å². The lowest BCUT2D eigenvalue weighted by atomic mass is 10.0. The van der Waals surface area contributed by atoms with Crippen LogP contribution in [0.4, 0.5) is 18.9 Å². The lowest BCUT2D eigenvalue weighted by molar-refractivity contribution is -0.145. The van der Waals surface area contributed by atoms with E-state index in [4.69, 9.17) is 11.2 Å². The van der Waals surface area contributed by atoms with Gasteiger partial charge in [-0.2, -0.15) is 13.2 Å². The number of thiazole rings is 1. The summed E-state index contributed by atoms with van der Waals surface area (Å²) in [6.45, 7) is 3.25. The topological polar surface area (TPSA) is 97.3 Å². The Morgan fingerprint density at radius 1 is 1.29 bits per heavy atom. The van der Waals surface area contributed by atoms with Gasteiger partial charge < -0.3 is 10.1 Å². The summed E-state index contributed by atoms with van der Waals surface area (Å²) in [6, 6.07) is 2.37. The van der Waals surface area contributed by atoms with Crippen LogP contribution in [0.3, 0.4) is 0 Å². The molecule has 1 N–H and O–H groups in total. The summed E-state index contributed by atoms with van der Waals surface area (Å²) in [5.74, 6) is 0.658. The molecular formula is C23H18F3N5O3S. The number of carbonyl (C=O) groups excluding carboxylic acids is 2. The zero-order valence-corrected chi connectivity index (χ0v) is 19.3. The summed E-state index contributed by atoms with van der Waals surface area (Å²) in [5.41, 5.74) is 1.32. The van der Waals surface area contributed by atoms with Crippen LogP contribution in [0.5, 0.6) is 5.75 Å². The Hall–Kier alpha value is -3.98. The van der Waals surface area contributed by atoms with E-state index < -0.39 is 23.9 Å². The first kappa shape index (κ1) is 24.2. The third-order valence-corrected chi connectivity index (χ3v) is 6.08. The number of terminal acetylenes is 1. The Bertz CT molecular complexity index is 1330. The number of rotatable bonds is 5. The fourth-order valence-corrected chi connectivity index (χ4v) is 4.19. The van der Waals surface area contributed by atoms with E-state index in [-0.39, 0.29) is 30.2 Å². The minimum atomic E-state index is -4.66. The van der Waals surface area contributed by atoms with Crippen molar-refractivity contribution < 1.29 is 27.5 Å². The number of amides is 2. The maximum atomic E-state index is 13.1. The number of carbonyl (C=O) groups is 2. The number of ether oxygens (including phenoxy) is 1. The molecule has 0 saturated carbocycles. The maximum absolute atomic E-state index is 13.1. The normalized spacial score (nSPS) is 14.1. The third kappa shape index (κ3) is 4.95.